The van der Waals surface area contributed by atoms with Crippen molar-refractivity contribution < 1.29 is 32.2 Å². The van der Waals surface area contributed by atoms with Crippen LogP contribution >= 0.6 is 22.9 Å². The number of hydrogen-bond donors (Lipinski definition) is 1. The van der Waals surface area contributed by atoms with E-state index in [0.717, 1.165) is 23.5 Å². The molecule has 4 rings (SSSR count). The number of aromatic nitrogens is 2. The zero-order chi connectivity index (χ0) is 24.5. The quantitative estimate of drug-likeness (QED) is 0.330. The van der Waals surface area contributed by atoms with E-state index in [9.17, 15) is 22.8 Å². The van der Waals surface area contributed by atoms with E-state index in [1.165, 1.54) is 36.2 Å². The molecule has 0 aliphatic carbocycles. The van der Waals surface area contributed by atoms with E-state index in [4.69, 9.17) is 21.1 Å². The van der Waals surface area contributed by atoms with Gasteiger partial charge in [0.2, 0.25) is 0 Å². The zero-order valence-corrected chi connectivity index (χ0v) is 18.9. The first-order chi connectivity index (χ1) is 16.2. The molecular formula is C22H15ClF3N3O4S. The van der Waals surface area contributed by atoms with Crippen LogP contribution in [-0.4, -0.2) is 28.8 Å². The Morgan fingerprint density at radius 3 is 2.71 bits per heavy atom. The SMILES string of the molecule is COC(=O)c1sc2cc(NC(=O)c3ccn(COc4cccc(C(F)(F)F)c4)n3)ccc2c1Cl. The van der Waals surface area contributed by atoms with E-state index in [-0.39, 0.29) is 28.1 Å². The van der Waals surface area contributed by atoms with Crippen molar-refractivity contribution in [1.82, 2.24) is 9.78 Å². The number of anilines is 1. The van der Waals surface area contributed by atoms with Gasteiger partial charge in [0, 0.05) is 22.0 Å². The molecule has 2 aromatic heterocycles. The lowest BCUT2D eigenvalue weighted by Gasteiger charge is -2.10. The average molecular weight is 510 g/mol. The summed E-state index contributed by atoms with van der Waals surface area (Å²) in [5.74, 6) is -1.03. The number of nitrogens with one attached hydrogen (secondary N) is 1. The number of hydrogen-bond acceptors (Lipinski definition) is 6. The summed E-state index contributed by atoms with van der Waals surface area (Å²) in [7, 11) is 1.26. The summed E-state index contributed by atoms with van der Waals surface area (Å²) in [4.78, 5) is 24.7. The molecule has 2 heterocycles. The topological polar surface area (TPSA) is 82.5 Å². The first kappa shape index (κ1) is 23.6. The van der Waals surface area contributed by atoms with Crippen LogP contribution < -0.4 is 10.1 Å². The number of amides is 1. The van der Waals surface area contributed by atoms with Gasteiger partial charge in [-0.2, -0.15) is 18.3 Å². The third kappa shape index (κ3) is 5.00. The molecule has 0 saturated carbocycles. The largest absolute Gasteiger partial charge is 0.471 e. The summed E-state index contributed by atoms with van der Waals surface area (Å²) in [6.07, 6.45) is -3.01. The van der Waals surface area contributed by atoms with Gasteiger partial charge >= 0.3 is 12.1 Å². The average Bonchev–Trinajstić information content (AvgIpc) is 3.41. The van der Waals surface area contributed by atoms with Crippen LogP contribution in [0.4, 0.5) is 18.9 Å². The van der Waals surface area contributed by atoms with Gasteiger partial charge in [0.15, 0.2) is 12.4 Å². The first-order valence-electron chi connectivity index (χ1n) is 9.61. The van der Waals surface area contributed by atoms with E-state index >= 15 is 0 Å². The highest BCUT2D eigenvalue weighted by Crippen LogP contribution is 2.37. The van der Waals surface area contributed by atoms with Crippen molar-refractivity contribution in [3.63, 3.8) is 0 Å². The van der Waals surface area contributed by atoms with Gasteiger partial charge < -0.3 is 14.8 Å². The molecule has 0 atom stereocenters. The minimum atomic E-state index is -4.48. The summed E-state index contributed by atoms with van der Waals surface area (Å²) in [6, 6.07) is 10.9. The van der Waals surface area contributed by atoms with Crippen molar-refractivity contribution in [3.05, 3.63) is 75.9 Å². The molecule has 0 aliphatic heterocycles. The van der Waals surface area contributed by atoms with Gasteiger partial charge in [-0.05, 0) is 42.5 Å². The van der Waals surface area contributed by atoms with Crippen LogP contribution in [0.5, 0.6) is 5.75 Å². The Morgan fingerprint density at radius 1 is 1.18 bits per heavy atom. The second-order valence-corrected chi connectivity index (χ2v) is 8.37. The Balaban J connectivity index is 1.42. The van der Waals surface area contributed by atoms with Gasteiger partial charge in [0.25, 0.3) is 5.91 Å². The highest BCUT2D eigenvalue weighted by molar-refractivity contribution is 7.21. The summed E-state index contributed by atoms with van der Waals surface area (Å²) in [5, 5.41) is 7.72. The van der Waals surface area contributed by atoms with Crippen molar-refractivity contribution in [1.29, 1.82) is 0 Å². The van der Waals surface area contributed by atoms with Crippen LogP contribution in [0.3, 0.4) is 0 Å². The Kier molecular flexibility index (Phi) is 6.49. The molecule has 0 unspecified atom stereocenters. The third-order valence-electron chi connectivity index (χ3n) is 4.66. The minimum Gasteiger partial charge on any atom is -0.471 e. The molecule has 2 aromatic carbocycles. The van der Waals surface area contributed by atoms with Gasteiger partial charge in [-0.3, -0.25) is 4.79 Å². The predicted octanol–water partition coefficient (Wildman–Crippen LogP) is 5.85. The number of methoxy groups -OCH3 is 1. The lowest BCUT2D eigenvalue weighted by Crippen LogP contribution is -2.14. The number of nitrogens with zero attached hydrogens (tertiary/aromatic N) is 2. The van der Waals surface area contributed by atoms with Crippen molar-refractivity contribution in [2.24, 2.45) is 0 Å². The van der Waals surface area contributed by atoms with Crippen LogP contribution in [0, 0.1) is 0 Å². The summed E-state index contributed by atoms with van der Waals surface area (Å²) >= 11 is 7.37. The molecule has 0 fully saturated rings. The molecule has 0 spiro atoms. The molecular weight excluding hydrogens is 495 g/mol. The van der Waals surface area contributed by atoms with E-state index in [0.29, 0.717) is 15.8 Å². The Bertz CT molecular complexity index is 1380. The van der Waals surface area contributed by atoms with Crippen LogP contribution in [-0.2, 0) is 17.6 Å². The number of benzene rings is 2. The van der Waals surface area contributed by atoms with Gasteiger partial charge in [0.1, 0.15) is 10.6 Å². The van der Waals surface area contributed by atoms with Crippen LogP contribution in [0.25, 0.3) is 10.1 Å². The summed E-state index contributed by atoms with van der Waals surface area (Å²) < 4.78 is 50.5. The van der Waals surface area contributed by atoms with Gasteiger partial charge in [-0.15, -0.1) is 11.3 Å². The molecule has 1 N–H and O–H groups in total. The molecule has 0 radical (unpaired) electrons. The molecule has 0 aliphatic rings. The Hall–Kier alpha value is -3.57. The number of fused-ring (bicyclic) bond motifs is 1. The molecule has 1 amide bonds. The molecule has 7 nitrogen and oxygen atoms in total. The first-order valence-corrected chi connectivity index (χ1v) is 10.8. The monoisotopic (exact) mass is 509 g/mol. The number of thiophene rings is 1. The lowest BCUT2D eigenvalue weighted by molar-refractivity contribution is -0.137. The molecule has 34 heavy (non-hydrogen) atoms. The fraction of sp³-hybridized carbons (Fsp3) is 0.136. The van der Waals surface area contributed by atoms with Gasteiger partial charge in [-0.25, -0.2) is 9.48 Å². The number of alkyl halides is 3. The van der Waals surface area contributed by atoms with E-state index in [2.05, 4.69) is 10.4 Å². The molecule has 176 valence electrons. The predicted molar refractivity (Wildman–Crippen MR) is 120 cm³/mol. The second-order valence-electron chi connectivity index (χ2n) is 6.94. The standard InChI is InChI=1S/C22H15ClF3N3O4S/c1-32-21(31)19-18(23)15-6-5-13(10-17(15)34-19)27-20(30)16-7-8-29(28-16)11-33-14-4-2-3-12(9-14)22(24,25)26/h2-10H,11H2,1H3,(H,27,30). The van der Waals surface area contributed by atoms with Crippen LogP contribution in [0.1, 0.15) is 25.7 Å². The maximum absolute atomic E-state index is 12.8. The number of ether oxygens (including phenoxy) is 2. The van der Waals surface area contributed by atoms with Crippen molar-refractivity contribution in [2.75, 3.05) is 12.4 Å². The highest BCUT2D eigenvalue weighted by Gasteiger charge is 2.30. The number of carbonyl (C=O) groups excluding carboxylic acids is 2. The summed E-state index contributed by atoms with van der Waals surface area (Å²) in [6.45, 7) is -0.190. The number of carbonyl (C=O) groups is 2. The minimum absolute atomic E-state index is 0.0190. The number of halogens is 4. The smallest absolute Gasteiger partial charge is 0.416 e. The van der Waals surface area contributed by atoms with Crippen LogP contribution in [0.2, 0.25) is 5.02 Å². The van der Waals surface area contributed by atoms with Gasteiger partial charge in [0.05, 0.1) is 17.7 Å². The third-order valence-corrected chi connectivity index (χ3v) is 6.29. The van der Waals surface area contributed by atoms with Gasteiger partial charge in [-0.1, -0.05) is 17.7 Å². The fourth-order valence-corrected chi connectivity index (χ4v) is 4.49. The molecule has 12 heteroatoms. The van der Waals surface area contributed by atoms with Crippen LogP contribution in [0.15, 0.2) is 54.7 Å². The molecule has 0 saturated heterocycles. The molecule has 4 aromatic rings. The Labute approximate surface area is 199 Å². The van der Waals surface area contributed by atoms with Crippen molar-refractivity contribution >= 4 is 50.6 Å². The maximum Gasteiger partial charge on any atom is 0.416 e. The number of esters is 1. The zero-order valence-electron chi connectivity index (χ0n) is 17.4. The Morgan fingerprint density at radius 2 is 1.97 bits per heavy atom. The summed E-state index contributed by atoms with van der Waals surface area (Å²) in [5.41, 5.74) is -0.290. The fourth-order valence-electron chi connectivity index (χ4n) is 3.02. The maximum atomic E-state index is 12.8. The van der Waals surface area contributed by atoms with E-state index < -0.39 is 23.6 Å². The van der Waals surface area contributed by atoms with Crippen molar-refractivity contribution in [3.8, 4) is 5.75 Å². The molecule has 0 bridgehead atoms. The van der Waals surface area contributed by atoms with E-state index in [1.54, 1.807) is 18.2 Å². The second kappa shape index (κ2) is 9.35. The lowest BCUT2D eigenvalue weighted by atomic mass is 10.2. The van der Waals surface area contributed by atoms with Crippen molar-refractivity contribution in [2.45, 2.75) is 12.9 Å². The van der Waals surface area contributed by atoms with E-state index in [1.807, 2.05) is 0 Å². The normalized spacial score (nSPS) is 11.4. The highest BCUT2D eigenvalue weighted by atomic mass is 35.5. The number of rotatable bonds is 6.